The molecular formula is C22H24ClN3O3. The zero-order chi connectivity index (χ0) is 20.4. The average molecular weight is 414 g/mol. The number of nitrogens with zero attached hydrogens (tertiary/aromatic N) is 3. The molecule has 1 aromatic heterocycles. The quantitative estimate of drug-likeness (QED) is 0.773. The van der Waals surface area contributed by atoms with Gasteiger partial charge in [0.1, 0.15) is 6.10 Å². The molecule has 0 bridgehead atoms. The van der Waals surface area contributed by atoms with Crippen molar-refractivity contribution in [3.05, 3.63) is 64.9 Å². The Morgan fingerprint density at radius 1 is 1.28 bits per heavy atom. The van der Waals surface area contributed by atoms with E-state index in [1.54, 1.807) is 47.3 Å². The van der Waals surface area contributed by atoms with Gasteiger partial charge in [0.05, 0.1) is 18.3 Å². The second kappa shape index (κ2) is 8.51. The molecule has 0 spiro atoms. The van der Waals surface area contributed by atoms with Crippen molar-refractivity contribution < 1.29 is 14.3 Å². The maximum absolute atomic E-state index is 12.8. The molecule has 4 rings (SSSR count). The second-order valence-electron chi connectivity index (χ2n) is 7.72. The van der Waals surface area contributed by atoms with E-state index in [1.807, 2.05) is 18.2 Å². The third kappa shape index (κ3) is 4.43. The fourth-order valence-electron chi connectivity index (χ4n) is 4.14. The number of aromatic nitrogens is 1. The zero-order valence-electron chi connectivity index (χ0n) is 16.3. The second-order valence-corrected chi connectivity index (χ2v) is 8.16. The van der Waals surface area contributed by atoms with Gasteiger partial charge in [0.2, 0.25) is 0 Å². The molecule has 1 aromatic carbocycles. The van der Waals surface area contributed by atoms with Gasteiger partial charge in [0.15, 0.2) is 0 Å². The molecule has 6 nitrogen and oxygen atoms in total. The van der Waals surface area contributed by atoms with Crippen LogP contribution in [-0.4, -0.2) is 58.9 Å². The lowest BCUT2D eigenvalue weighted by Gasteiger charge is -2.34. The summed E-state index contributed by atoms with van der Waals surface area (Å²) in [6.07, 6.45) is 2.70. The highest BCUT2D eigenvalue weighted by Gasteiger charge is 2.43. The van der Waals surface area contributed by atoms with Crippen molar-refractivity contribution in [2.24, 2.45) is 5.92 Å². The van der Waals surface area contributed by atoms with Crippen molar-refractivity contribution in [3.63, 3.8) is 0 Å². The van der Waals surface area contributed by atoms with Crippen molar-refractivity contribution in [2.75, 3.05) is 20.1 Å². The molecule has 2 fully saturated rings. The SMILES string of the molecule is CN(Cc1ccccn1)C(=O)[C@H]1C[C@@H]2CCN(C(=O)c3cccc(Cl)c3)C[C@@H]2O1. The number of carbonyl (C=O) groups excluding carboxylic acids is 2. The summed E-state index contributed by atoms with van der Waals surface area (Å²) in [6.45, 7) is 1.62. The summed E-state index contributed by atoms with van der Waals surface area (Å²) in [6, 6.07) is 12.7. The molecule has 2 aromatic rings. The number of likely N-dealkylation sites (N-methyl/N-ethyl adjacent to an activating group) is 1. The van der Waals surface area contributed by atoms with Crippen LogP contribution < -0.4 is 0 Å². The van der Waals surface area contributed by atoms with Gasteiger partial charge >= 0.3 is 0 Å². The summed E-state index contributed by atoms with van der Waals surface area (Å²) in [7, 11) is 1.78. The summed E-state index contributed by atoms with van der Waals surface area (Å²) in [4.78, 5) is 33.4. The molecule has 2 amide bonds. The maximum Gasteiger partial charge on any atom is 0.253 e. The summed E-state index contributed by atoms with van der Waals surface area (Å²) >= 11 is 6.02. The molecule has 0 unspecified atom stereocenters. The normalized spacial score (nSPS) is 23.5. The van der Waals surface area contributed by atoms with E-state index in [1.165, 1.54) is 0 Å². The molecule has 0 radical (unpaired) electrons. The van der Waals surface area contributed by atoms with E-state index in [0.717, 1.165) is 12.1 Å². The molecule has 2 aliphatic heterocycles. The van der Waals surface area contributed by atoms with Crippen LogP contribution in [0.3, 0.4) is 0 Å². The van der Waals surface area contributed by atoms with Gasteiger partial charge in [-0.2, -0.15) is 0 Å². The number of amides is 2. The van der Waals surface area contributed by atoms with Crippen LogP contribution in [-0.2, 0) is 16.1 Å². The fraction of sp³-hybridized carbons (Fsp3) is 0.409. The van der Waals surface area contributed by atoms with Crippen molar-refractivity contribution >= 4 is 23.4 Å². The zero-order valence-corrected chi connectivity index (χ0v) is 17.1. The van der Waals surface area contributed by atoms with Crippen LogP contribution in [0.2, 0.25) is 5.02 Å². The van der Waals surface area contributed by atoms with Crippen molar-refractivity contribution in [2.45, 2.75) is 31.6 Å². The summed E-state index contributed by atoms with van der Waals surface area (Å²) < 4.78 is 6.09. The van der Waals surface area contributed by atoms with E-state index in [9.17, 15) is 9.59 Å². The van der Waals surface area contributed by atoms with Gasteiger partial charge in [-0.15, -0.1) is 0 Å². The third-order valence-electron chi connectivity index (χ3n) is 5.69. The van der Waals surface area contributed by atoms with Crippen molar-refractivity contribution in [3.8, 4) is 0 Å². The van der Waals surface area contributed by atoms with Crippen molar-refractivity contribution in [1.29, 1.82) is 0 Å². The number of likely N-dealkylation sites (tertiary alicyclic amines) is 1. The Labute approximate surface area is 175 Å². The molecule has 3 atom stereocenters. The van der Waals surface area contributed by atoms with Gasteiger partial charge in [0.25, 0.3) is 11.8 Å². The van der Waals surface area contributed by atoms with Crippen LogP contribution in [0.25, 0.3) is 0 Å². The average Bonchev–Trinajstić information content (AvgIpc) is 3.16. The topological polar surface area (TPSA) is 62.7 Å². The molecule has 0 saturated carbocycles. The summed E-state index contributed by atoms with van der Waals surface area (Å²) in [5.74, 6) is 0.227. The van der Waals surface area contributed by atoms with Crippen LogP contribution in [0.5, 0.6) is 0 Å². The van der Waals surface area contributed by atoms with Crippen LogP contribution in [0.15, 0.2) is 48.7 Å². The highest BCUT2D eigenvalue weighted by atomic mass is 35.5. The number of pyridine rings is 1. The number of piperidine rings is 1. The molecule has 3 heterocycles. The standard InChI is InChI=1S/C22H24ClN3O3/c1-25(13-18-7-2-3-9-24-18)22(28)19-12-15-8-10-26(14-20(15)29-19)21(27)16-5-4-6-17(23)11-16/h2-7,9,11,15,19-20H,8,10,12-14H2,1H3/t15-,19+,20-/m0/s1. The Kier molecular flexibility index (Phi) is 5.83. The lowest BCUT2D eigenvalue weighted by atomic mass is 9.91. The number of rotatable bonds is 4. The third-order valence-corrected chi connectivity index (χ3v) is 5.92. The first-order valence-electron chi connectivity index (χ1n) is 9.86. The number of ether oxygens (including phenoxy) is 1. The maximum atomic E-state index is 12.8. The molecular weight excluding hydrogens is 390 g/mol. The number of carbonyl (C=O) groups is 2. The molecule has 2 saturated heterocycles. The minimum absolute atomic E-state index is 0.0298. The Balaban J connectivity index is 1.36. The first-order valence-corrected chi connectivity index (χ1v) is 10.2. The van der Waals surface area contributed by atoms with Crippen LogP contribution in [0.1, 0.15) is 28.9 Å². The summed E-state index contributed by atoms with van der Waals surface area (Å²) in [5, 5.41) is 0.546. The Morgan fingerprint density at radius 3 is 2.90 bits per heavy atom. The van der Waals surface area contributed by atoms with E-state index in [0.29, 0.717) is 42.6 Å². The van der Waals surface area contributed by atoms with Gasteiger partial charge in [-0.25, -0.2) is 0 Å². The van der Waals surface area contributed by atoms with E-state index in [2.05, 4.69) is 4.98 Å². The minimum atomic E-state index is -0.458. The first-order chi connectivity index (χ1) is 14.0. The molecule has 2 aliphatic rings. The van der Waals surface area contributed by atoms with E-state index < -0.39 is 6.10 Å². The number of hydrogen-bond acceptors (Lipinski definition) is 4. The van der Waals surface area contributed by atoms with Crippen LogP contribution in [0, 0.1) is 5.92 Å². The number of fused-ring (bicyclic) bond motifs is 1. The van der Waals surface area contributed by atoms with Gasteiger partial charge < -0.3 is 14.5 Å². The largest absolute Gasteiger partial charge is 0.363 e. The molecule has 152 valence electrons. The minimum Gasteiger partial charge on any atom is -0.363 e. The number of benzene rings is 1. The Morgan fingerprint density at radius 2 is 2.14 bits per heavy atom. The van der Waals surface area contributed by atoms with Gasteiger partial charge in [-0.3, -0.25) is 14.6 Å². The molecule has 0 N–H and O–H groups in total. The van der Waals surface area contributed by atoms with Crippen LogP contribution >= 0.6 is 11.6 Å². The lowest BCUT2D eigenvalue weighted by molar-refractivity contribution is -0.142. The Hall–Kier alpha value is -2.44. The van der Waals surface area contributed by atoms with Gasteiger partial charge in [-0.1, -0.05) is 23.7 Å². The monoisotopic (exact) mass is 413 g/mol. The van der Waals surface area contributed by atoms with Gasteiger partial charge in [-0.05, 0) is 49.1 Å². The molecule has 7 heteroatoms. The predicted octanol–water partition coefficient (Wildman–Crippen LogP) is 3.01. The molecule has 0 aliphatic carbocycles. The highest BCUT2D eigenvalue weighted by Crippen LogP contribution is 2.34. The molecule has 29 heavy (non-hydrogen) atoms. The van der Waals surface area contributed by atoms with Gasteiger partial charge in [0, 0.05) is 36.9 Å². The van der Waals surface area contributed by atoms with E-state index in [-0.39, 0.29) is 17.9 Å². The van der Waals surface area contributed by atoms with Crippen molar-refractivity contribution in [1.82, 2.24) is 14.8 Å². The fourth-order valence-corrected chi connectivity index (χ4v) is 4.33. The first kappa shape index (κ1) is 19.9. The summed E-state index contributed by atoms with van der Waals surface area (Å²) in [5.41, 5.74) is 1.42. The lowest BCUT2D eigenvalue weighted by Crippen LogP contribution is -2.45. The predicted molar refractivity (Wildman–Crippen MR) is 109 cm³/mol. The smallest absolute Gasteiger partial charge is 0.253 e. The van der Waals surface area contributed by atoms with E-state index in [4.69, 9.17) is 16.3 Å². The van der Waals surface area contributed by atoms with E-state index >= 15 is 0 Å². The van der Waals surface area contributed by atoms with Crippen LogP contribution in [0.4, 0.5) is 0 Å². The highest BCUT2D eigenvalue weighted by molar-refractivity contribution is 6.30. The number of hydrogen-bond donors (Lipinski definition) is 0. The number of halogens is 1. The Bertz CT molecular complexity index is 892.